The minimum absolute atomic E-state index is 0.304. The first-order valence-electron chi connectivity index (χ1n) is 3.32. The van der Waals surface area contributed by atoms with E-state index < -0.39 is 5.79 Å². The van der Waals surface area contributed by atoms with Crippen LogP contribution in [0.1, 0.15) is 0 Å². The van der Waals surface area contributed by atoms with Crippen molar-refractivity contribution in [2.45, 2.75) is 12.1 Å². The molecule has 2 unspecified atom stereocenters. The Balaban J connectivity index is 2.57. The van der Waals surface area contributed by atoms with E-state index in [0.717, 1.165) is 0 Å². The fraction of sp³-hybridized carbons (Fsp3) is 0.714. The number of hydrogen-bond donors (Lipinski definition) is 1. The van der Waals surface area contributed by atoms with Gasteiger partial charge < -0.3 is 14.2 Å². The molecule has 11 heavy (non-hydrogen) atoms. The SMILES string of the molecule is COC1C=CC(CS)(OC)O1. The van der Waals surface area contributed by atoms with Crippen molar-refractivity contribution in [3.63, 3.8) is 0 Å². The molecule has 0 aliphatic carbocycles. The molecule has 0 N–H and O–H groups in total. The van der Waals surface area contributed by atoms with Crippen molar-refractivity contribution in [2.24, 2.45) is 0 Å². The highest BCUT2D eigenvalue weighted by atomic mass is 32.1. The summed E-state index contributed by atoms with van der Waals surface area (Å²) in [6, 6.07) is 0. The predicted molar refractivity (Wildman–Crippen MR) is 44.6 cm³/mol. The van der Waals surface area contributed by atoms with Gasteiger partial charge in [-0.25, -0.2) is 0 Å². The highest BCUT2D eigenvalue weighted by Crippen LogP contribution is 2.25. The quantitative estimate of drug-likeness (QED) is 0.509. The van der Waals surface area contributed by atoms with Gasteiger partial charge >= 0.3 is 0 Å². The van der Waals surface area contributed by atoms with Crippen LogP contribution in [-0.4, -0.2) is 32.0 Å². The van der Waals surface area contributed by atoms with E-state index in [9.17, 15) is 0 Å². The lowest BCUT2D eigenvalue weighted by atomic mass is 10.3. The first kappa shape index (κ1) is 9.06. The molecule has 0 aromatic rings. The van der Waals surface area contributed by atoms with Crippen LogP contribution in [0.2, 0.25) is 0 Å². The van der Waals surface area contributed by atoms with Crippen LogP contribution in [0.4, 0.5) is 0 Å². The zero-order valence-electron chi connectivity index (χ0n) is 6.61. The van der Waals surface area contributed by atoms with Crippen LogP contribution in [0.15, 0.2) is 12.2 Å². The van der Waals surface area contributed by atoms with E-state index in [4.69, 9.17) is 14.2 Å². The van der Waals surface area contributed by atoms with Gasteiger partial charge in [0.2, 0.25) is 0 Å². The van der Waals surface area contributed by atoms with Crippen LogP contribution in [0.5, 0.6) is 0 Å². The van der Waals surface area contributed by atoms with Crippen molar-refractivity contribution >= 4 is 12.6 Å². The Kier molecular flexibility index (Phi) is 2.95. The van der Waals surface area contributed by atoms with Crippen LogP contribution < -0.4 is 0 Å². The third-order valence-corrected chi connectivity index (χ3v) is 2.06. The smallest absolute Gasteiger partial charge is 0.199 e. The van der Waals surface area contributed by atoms with Crippen molar-refractivity contribution in [2.75, 3.05) is 20.0 Å². The van der Waals surface area contributed by atoms with Crippen molar-refractivity contribution in [1.29, 1.82) is 0 Å². The maximum Gasteiger partial charge on any atom is 0.199 e. The number of ether oxygens (including phenoxy) is 3. The van der Waals surface area contributed by atoms with E-state index in [1.165, 1.54) is 0 Å². The van der Waals surface area contributed by atoms with Crippen LogP contribution in [-0.2, 0) is 14.2 Å². The molecule has 1 rings (SSSR count). The zero-order valence-corrected chi connectivity index (χ0v) is 7.51. The minimum Gasteiger partial charge on any atom is -0.352 e. The van der Waals surface area contributed by atoms with Crippen molar-refractivity contribution in [3.8, 4) is 0 Å². The molecule has 0 radical (unpaired) electrons. The molecule has 0 fully saturated rings. The Morgan fingerprint density at radius 3 is 2.64 bits per heavy atom. The Morgan fingerprint density at radius 1 is 1.64 bits per heavy atom. The zero-order chi connectivity index (χ0) is 8.32. The number of hydrogen-bond acceptors (Lipinski definition) is 4. The Hall–Kier alpha value is -0.0300. The molecule has 0 amide bonds. The molecular weight excluding hydrogens is 164 g/mol. The monoisotopic (exact) mass is 176 g/mol. The summed E-state index contributed by atoms with van der Waals surface area (Å²) < 4.78 is 15.4. The molecule has 0 saturated heterocycles. The number of methoxy groups -OCH3 is 2. The summed E-state index contributed by atoms with van der Waals surface area (Å²) in [6.07, 6.45) is 3.32. The van der Waals surface area contributed by atoms with Crippen LogP contribution in [0.3, 0.4) is 0 Å². The van der Waals surface area contributed by atoms with Gasteiger partial charge in [0.1, 0.15) is 0 Å². The third-order valence-electron chi connectivity index (χ3n) is 1.62. The van der Waals surface area contributed by atoms with Gasteiger partial charge in [-0.2, -0.15) is 12.6 Å². The normalized spacial score (nSPS) is 36.5. The summed E-state index contributed by atoms with van der Waals surface area (Å²) in [7, 11) is 3.16. The highest BCUT2D eigenvalue weighted by Gasteiger charge is 2.34. The summed E-state index contributed by atoms with van der Waals surface area (Å²) in [4.78, 5) is 0. The second kappa shape index (κ2) is 3.58. The van der Waals surface area contributed by atoms with Gasteiger partial charge in [0.05, 0.1) is 0 Å². The van der Waals surface area contributed by atoms with E-state index in [2.05, 4.69) is 12.6 Å². The maximum atomic E-state index is 5.36. The van der Waals surface area contributed by atoms with Gasteiger partial charge in [0.25, 0.3) is 0 Å². The largest absolute Gasteiger partial charge is 0.352 e. The molecule has 2 atom stereocenters. The average Bonchev–Trinajstić information content (AvgIpc) is 2.49. The molecule has 0 bridgehead atoms. The Bertz CT molecular complexity index is 154. The second-order valence-corrected chi connectivity index (χ2v) is 2.57. The Labute approximate surface area is 71.7 Å². The van der Waals surface area contributed by atoms with E-state index in [1.54, 1.807) is 20.3 Å². The first-order valence-corrected chi connectivity index (χ1v) is 3.95. The van der Waals surface area contributed by atoms with Crippen LogP contribution >= 0.6 is 12.6 Å². The van der Waals surface area contributed by atoms with Gasteiger partial charge in [0, 0.05) is 20.0 Å². The van der Waals surface area contributed by atoms with Gasteiger partial charge in [-0.1, -0.05) is 0 Å². The standard InChI is InChI=1S/C7H12O3S/c1-8-6-3-4-7(5-11,9-2)10-6/h3-4,6,11H,5H2,1-2H3. The molecule has 0 spiro atoms. The number of rotatable bonds is 3. The van der Waals surface area contributed by atoms with Gasteiger partial charge in [-0.15, -0.1) is 0 Å². The minimum atomic E-state index is -0.691. The summed E-state index contributed by atoms with van der Waals surface area (Å²) >= 11 is 4.10. The van der Waals surface area contributed by atoms with Gasteiger partial charge in [0.15, 0.2) is 12.1 Å². The molecule has 1 aliphatic rings. The molecule has 0 aromatic carbocycles. The summed E-state index contributed by atoms with van der Waals surface area (Å²) in [5.41, 5.74) is 0. The molecule has 1 heterocycles. The lowest BCUT2D eigenvalue weighted by Gasteiger charge is -2.24. The fourth-order valence-corrected chi connectivity index (χ4v) is 1.21. The lowest BCUT2D eigenvalue weighted by molar-refractivity contribution is -0.229. The van der Waals surface area contributed by atoms with E-state index in [-0.39, 0.29) is 6.29 Å². The third kappa shape index (κ3) is 1.76. The van der Waals surface area contributed by atoms with E-state index in [1.807, 2.05) is 6.08 Å². The molecule has 64 valence electrons. The van der Waals surface area contributed by atoms with E-state index >= 15 is 0 Å². The van der Waals surface area contributed by atoms with Gasteiger partial charge in [-0.3, -0.25) is 0 Å². The molecule has 0 saturated carbocycles. The van der Waals surface area contributed by atoms with E-state index in [0.29, 0.717) is 5.75 Å². The first-order chi connectivity index (χ1) is 5.26. The highest BCUT2D eigenvalue weighted by molar-refractivity contribution is 7.80. The topological polar surface area (TPSA) is 27.7 Å². The average molecular weight is 176 g/mol. The van der Waals surface area contributed by atoms with Crippen molar-refractivity contribution in [3.05, 3.63) is 12.2 Å². The Morgan fingerprint density at radius 2 is 2.36 bits per heavy atom. The second-order valence-electron chi connectivity index (χ2n) is 2.26. The maximum absolute atomic E-state index is 5.36. The fourth-order valence-electron chi connectivity index (χ4n) is 0.898. The van der Waals surface area contributed by atoms with Gasteiger partial charge in [-0.05, 0) is 12.2 Å². The van der Waals surface area contributed by atoms with Crippen molar-refractivity contribution < 1.29 is 14.2 Å². The lowest BCUT2D eigenvalue weighted by Crippen LogP contribution is -2.34. The molecule has 3 nitrogen and oxygen atoms in total. The van der Waals surface area contributed by atoms with Crippen molar-refractivity contribution in [1.82, 2.24) is 0 Å². The molecule has 0 aromatic heterocycles. The van der Waals surface area contributed by atoms with Crippen LogP contribution in [0.25, 0.3) is 0 Å². The van der Waals surface area contributed by atoms with Crippen LogP contribution in [0, 0.1) is 0 Å². The predicted octanol–water partition coefficient (Wildman–Crippen LogP) is 0.818. The molecular formula is C7H12O3S. The number of thiol groups is 1. The summed E-state index contributed by atoms with van der Waals surface area (Å²) in [5, 5.41) is 0. The summed E-state index contributed by atoms with van der Waals surface area (Å²) in [6.45, 7) is 0. The molecule has 1 aliphatic heterocycles. The summed E-state index contributed by atoms with van der Waals surface area (Å²) in [5.74, 6) is -0.205. The molecule has 4 heteroatoms.